The van der Waals surface area contributed by atoms with Crippen molar-refractivity contribution in [2.45, 2.75) is 32.7 Å². The Morgan fingerprint density at radius 2 is 2.15 bits per heavy atom. The highest BCUT2D eigenvalue weighted by Crippen LogP contribution is 2.18. The monoisotopic (exact) mass is 275 g/mol. The molecule has 1 aliphatic heterocycles. The molecule has 2 heterocycles. The van der Waals surface area contributed by atoms with Gasteiger partial charge in [0.15, 0.2) is 5.96 Å². The molecule has 5 nitrogen and oxygen atoms in total. The number of nitrogens with one attached hydrogen (secondary N) is 2. The first-order valence-corrected chi connectivity index (χ1v) is 7.48. The Morgan fingerprint density at radius 3 is 2.85 bits per heavy atom. The highest BCUT2D eigenvalue weighted by atomic mass is 15.2. The van der Waals surface area contributed by atoms with E-state index in [9.17, 15) is 0 Å². The molecule has 1 aromatic heterocycles. The lowest BCUT2D eigenvalue weighted by Crippen LogP contribution is -2.37. The van der Waals surface area contributed by atoms with Gasteiger partial charge in [0.2, 0.25) is 0 Å². The molecular weight excluding hydrogens is 250 g/mol. The zero-order valence-corrected chi connectivity index (χ0v) is 12.5. The minimum Gasteiger partial charge on any atom is -0.357 e. The van der Waals surface area contributed by atoms with Gasteiger partial charge in [-0.25, -0.2) is 4.98 Å². The third kappa shape index (κ3) is 4.11. The number of aliphatic imine (C=N–C) groups is 1. The highest BCUT2D eigenvalue weighted by Gasteiger charge is 2.13. The van der Waals surface area contributed by atoms with Gasteiger partial charge in [0.25, 0.3) is 0 Å². The van der Waals surface area contributed by atoms with Crippen molar-refractivity contribution in [2.75, 3.05) is 31.6 Å². The van der Waals surface area contributed by atoms with E-state index >= 15 is 0 Å². The first-order valence-electron chi connectivity index (χ1n) is 7.48. The van der Waals surface area contributed by atoms with Crippen LogP contribution in [0, 0.1) is 0 Å². The summed E-state index contributed by atoms with van der Waals surface area (Å²) in [6.45, 7) is 6.11. The Balaban J connectivity index is 1.90. The molecule has 0 bridgehead atoms. The van der Waals surface area contributed by atoms with E-state index in [1.165, 1.54) is 18.4 Å². The van der Waals surface area contributed by atoms with Gasteiger partial charge in [-0.2, -0.15) is 0 Å². The summed E-state index contributed by atoms with van der Waals surface area (Å²) in [4.78, 5) is 11.0. The fraction of sp³-hybridized carbons (Fsp3) is 0.600. The zero-order valence-electron chi connectivity index (χ0n) is 12.5. The SMILES string of the molecule is CCCNC(=NC)NCc1ccnc(N2CCCC2)c1. The summed E-state index contributed by atoms with van der Waals surface area (Å²) in [5, 5.41) is 6.60. The molecule has 0 unspecified atom stereocenters. The number of rotatable bonds is 5. The molecule has 1 fully saturated rings. The van der Waals surface area contributed by atoms with E-state index < -0.39 is 0 Å². The minimum absolute atomic E-state index is 0.771. The summed E-state index contributed by atoms with van der Waals surface area (Å²) in [6.07, 6.45) is 5.54. The van der Waals surface area contributed by atoms with Crippen LogP contribution in [0.1, 0.15) is 31.7 Å². The highest BCUT2D eigenvalue weighted by molar-refractivity contribution is 5.79. The maximum Gasteiger partial charge on any atom is 0.191 e. The average Bonchev–Trinajstić information content (AvgIpc) is 3.02. The van der Waals surface area contributed by atoms with Gasteiger partial charge in [0.1, 0.15) is 5.82 Å². The van der Waals surface area contributed by atoms with Gasteiger partial charge >= 0.3 is 0 Å². The van der Waals surface area contributed by atoms with Crippen molar-refractivity contribution in [1.29, 1.82) is 0 Å². The smallest absolute Gasteiger partial charge is 0.191 e. The van der Waals surface area contributed by atoms with Crippen LogP contribution >= 0.6 is 0 Å². The van der Waals surface area contributed by atoms with Crippen LogP contribution in [0.4, 0.5) is 5.82 Å². The molecule has 1 aliphatic rings. The van der Waals surface area contributed by atoms with E-state index in [1.54, 1.807) is 7.05 Å². The topological polar surface area (TPSA) is 52.6 Å². The number of nitrogens with zero attached hydrogens (tertiary/aromatic N) is 3. The van der Waals surface area contributed by atoms with Gasteiger partial charge in [0, 0.05) is 39.4 Å². The van der Waals surface area contributed by atoms with Crippen LogP contribution in [0.25, 0.3) is 0 Å². The third-order valence-electron chi connectivity index (χ3n) is 3.47. The van der Waals surface area contributed by atoms with Crippen molar-refractivity contribution in [3.8, 4) is 0 Å². The summed E-state index contributed by atoms with van der Waals surface area (Å²) in [5.74, 6) is 1.95. The molecule has 1 saturated heterocycles. The van der Waals surface area contributed by atoms with Crippen molar-refractivity contribution in [3.05, 3.63) is 23.9 Å². The van der Waals surface area contributed by atoms with E-state index in [0.29, 0.717) is 0 Å². The van der Waals surface area contributed by atoms with Crippen LogP contribution in [0.2, 0.25) is 0 Å². The lowest BCUT2D eigenvalue weighted by molar-refractivity contribution is 0.780. The number of hydrogen-bond acceptors (Lipinski definition) is 3. The van der Waals surface area contributed by atoms with Crippen molar-refractivity contribution >= 4 is 11.8 Å². The zero-order chi connectivity index (χ0) is 14.2. The maximum absolute atomic E-state index is 4.47. The van der Waals surface area contributed by atoms with Crippen LogP contribution in [0.5, 0.6) is 0 Å². The fourth-order valence-electron chi connectivity index (χ4n) is 2.34. The van der Waals surface area contributed by atoms with Crippen molar-refractivity contribution in [1.82, 2.24) is 15.6 Å². The average molecular weight is 275 g/mol. The summed E-state index contributed by atoms with van der Waals surface area (Å²) in [7, 11) is 1.80. The van der Waals surface area contributed by atoms with Gasteiger partial charge in [-0.1, -0.05) is 6.92 Å². The largest absolute Gasteiger partial charge is 0.357 e. The fourth-order valence-corrected chi connectivity index (χ4v) is 2.34. The molecule has 0 spiro atoms. The maximum atomic E-state index is 4.47. The quantitative estimate of drug-likeness (QED) is 0.635. The first kappa shape index (κ1) is 14.6. The second kappa shape index (κ2) is 7.72. The first-order chi connectivity index (χ1) is 9.83. The Bertz CT molecular complexity index is 438. The van der Waals surface area contributed by atoms with Crippen molar-refractivity contribution in [3.63, 3.8) is 0 Å². The minimum atomic E-state index is 0.771. The lowest BCUT2D eigenvalue weighted by atomic mass is 10.2. The van der Waals surface area contributed by atoms with Crippen LogP contribution in [-0.4, -0.2) is 37.6 Å². The lowest BCUT2D eigenvalue weighted by Gasteiger charge is -2.17. The molecule has 110 valence electrons. The van der Waals surface area contributed by atoms with E-state index in [2.05, 4.69) is 44.6 Å². The van der Waals surface area contributed by atoms with Crippen LogP contribution in [0.15, 0.2) is 23.3 Å². The van der Waals surface area contributed by atoms with Gasteiger partial charge in [-0.05, 0) is 37.0 Å². The van der Waals surface area contributed by atoms with E-state index in [4.69, 9.17) is 0 Å². The van der Waals surface area contributed by atoms with Gasteiger partial charge < -0.3 is 15.5 Å². The Morgan fingerprint density at radius 1 is 1.35 bits per heavy atom. The van der Waals surface area contributed by atoms with Crippen LogP contribution in [0.3, 0.4) is 0 Å². The van der Waals surface area contributed by atoms with E-state index in [1.807, 2.05) is 6.20 Å². The number of aromatic nitrogens is 1. The van der Waals surface area contributed by atoms with Gasteiger partial charge in [-0.15, -0.1) is 0 Å². The Hall–Kier alpha value is -1.78. The molecule has 2 rings (SSSR count). The summed E-state index contributed by atoms with van der Waals surface area (Å²) in [5.41, 5.74) is 1.24. The summed E-state index contributed by atoms with van der Waals surface area (Å²) in [6, 6.07) is 4.23. The normalized spacial score (nSPS) is 15.5. The summed E-state index contributed by atoms with van der Waals surface area (Å²) >= 11 is 0. The second-order valence-electron chi connectivity index (χ2n) is 5.07. The molecule has 0 saturated carbocycles. The molecule has 20 heavy (non-hydrogen) atoms. The molecule has 0 aromatic carbocycles. The molecule has 0 radical (unpaired) electrons. The van der Waals surface area contributed by atoms with Gasteiger partial charge in [0.05, 0.1) is 0 Å². The number of pyridine rings is 1. The molecule has 5 heteroatoms. The number of guanidine groups is 1. The van der Waals surface area contributed by atoms with Crippen LogP contribution in [-0.2, 0) is 6.54 Å². The van der Waals surface area contributed by atoms with E-state index in [-0.39, 0.29) is 0 Å². The van der Waals surface area contributed by atoms with Crippen LogP contribution < -0.4 is 15.5 Å². The molecule has 2 N–H and O–H groups in total. The second-order valence-corrected chi connectivity index (χ2v) is 5.07. The Labute approximate surface area is 121 Å². The van der Waals surface area contributed by atoms with E-state index in [0.717, 1.165) is 44.4 Å². The van der Waals surface area contributed by atoms with Crippen molar-refractivity contribution < 1.29 is 0 Å². The number of hydrogen-bond donors (Lipinski definition) is 2. The molecule has 0 amide bonds. The molecule has 0 aliphatic carbocycles. The molecular formula is C15H25N5. The predicted molar refractivity (Wildman–Crippen MR) is 84.2 cm³/mol. The van der Waals surface area contributed by atoms with Gasteiger partial charge in [-0.3, -0.25) is 4.99 Å². The van der Waals surface area contributed by atoms with Crippen molar-refractivity contribution in [2.24, 2.45) is 4.99 Å². The predicted octanol–water partition coefficient (Wildman–Crippen LogP) is 1.76. The Kier molecular flexibility index (Phi) is 5.65. The standard InChI is InChI=1S/C15H25N5/c1-3-7-18-15(16-2)19-12-13-6-8-17-14(11-13)20-9-4-5-10-20/h6,8,11H,3-5,7,9-10,12H2,1-2H3,(H2,16,18,19). The molecule has 0 atom stereocenters. The summed E-state index contributed by atoms with van der Waals surface area (Å²) < 4.78 is 0. The molecule has 1 aromatic rings. The third-order valence-corrected chi connectivity index (χ3v) is 3.47. The number of anilines is 1.